The summed E-state index contributed by atoms with van der Waals surface area (Å²) in [6, 6.07) is 15.8. The van der Waals surface area contributed by atoms with Crippen LogP contribution in [-0.4, -0.2) is 16.9 Å². The molecule has 0 aliphatic carbocycles. The first-order chi connectivity index (χ1) is 9.74. The molecular formula is C16H10N2O2. The molecule has 3 aromatic rings. The number of carbonyl (C=O) groups is 1. The molecule has 0 fully saturated rings. The number of carboxylic acids is 1. The van der Waals surface area contributed by atoms with Crippen molar-refractivity contribution in [1.29, 1.82) is 0 Å². The minimum atomic E-state index is -1.06. The van der Waals surface area contributed by atoms with Crippen LogP contribution in [0.25, 0.3) is 21.5 Å². The predicted molar refractivity (Wildman–Crippen MR) is 79.8 cm³/mol. The molecule has 0 bridgehead atoms. The van der Waals surface area contributed by atoms with Crippen LogP contribution >= 0.6 is 0 Å². The van der Waals surface area contributed by atoms with E-state index in [9.17, 15) is 9.90 Å². The standard InChI is InChI=1S/C16H10N2O2/c19-16(20)15-17-12-7-3-5-10-8-9-4-1-2-6-11(9)14(18-15)13(10)12/h1-8H,(H,17,18)(H,19,20). The normalized spacial score (nSPS) is 13.1. The van der Waals surface area contributed by atoms with Gasteiger partial charge in [0.25, 0.3) is 0 Å². The summed E-state index contributed by atoms with van der Waals surface area (Å²) in [6.45, 7) is 0. The lowest BCUT2D eigenvalue weighted by Crippen LogP contribution is -2.24. The van der Waals surface area contributed by atoms with E-state index < -0.39 is 5.97 Å². The van der Waals surface area contributed by atoms with Crippen molar-refractivity contribution < 1.29 is 9.90 Å². The number of hydrogen-bond acceptors (Lipinski definition) is 3. The quantitative estimate of drug-likeness (QED) is 0.659. The number of aliphatic carboxylic acids is 1. The largest absolute Gasteiger partial charge is 0.475 e. The van der Waals surface area contributed by atoms with Crippen LogP contribution in [0, 0.1) is 0 Å². The van der Waals surface area contributed by atoms with Crippen molar-refractivity contribution in [3.8, 4) is 0 Å². The van der Waals surface area contributed by atoms with Gasteiger partial charge in [-0.25, -0.2) is 9.79 Å². The SMILES string of the molecule is O=C(O)C1=Nc2cccc3cc4ccccc4c(c23)N1. The number of fused-ring (bicyclic) bond motifs is 2. The van der Waals surface area contributed by atoms with Gasteiger partial charge < -0.3 is 10.4 Å². The van der Waals surface area contributed by atoms with Gasteiger partial charge >= 0.3 is 5.97 Å². The van der Waals surface area contributed by atoms with E-state index in [-0.39, 0.29) is 5.84 Å². The second-order valence-electron chi connectivity index (χ2n) is 4.74. The van der Waals surface area contributed by atoms with Gasteiger partial charge in [-0.2, -0.15) is 0 Å². The van der Waals surface area contributed by atoms with Crippen LogP contribution in [-0.2, 0) is 4.79 Å². The maximum absolute atomic E-state index is 11.2. The molecule has 96 valence electrons. The Labute approximate surface area is 114 Å². The molecular weight excluding hydrogens is 252 g/mol. The number of nitrogens with zero attached hydrogens (tertiary/aromatic N) is 1. The van der Waals surface area contributed by atoms with Gasteiger partial charge in [0.15, 0.2) is 0 Å². The van der Waals surface area contributed by atoms with Crippen LogP contribution in [0.5, 0.6) is 0 Å². The molecule has 1 aliphatic rings. The van der Waals surface area contributed by atoms with Gasteiger partial charge in [0.1, 0.15) is 0 Å². The van der Waals surface area contributed by atoms with E-state index in [1.165, 1.54) is 0 Å². The second kappa shape index (κ2) is 3.81. The van der Waals surface area contributed by atoms with Crippen molar-refractivity contribution in [1.82, 2.24) is 0 Å². The summed E-state index contributed by atoms with van der Waals surface area (Å²) in [4.78, 5) is 15.4. The van der Waals surface area contributed by atoms with Crippen molar-refractivity contribution in [3.63, 3.8) is 0 Å². The van der Waals surface area contributed by atoms with E-state index in [0.29, 0.717) is 5.69 Å². The zero-order chi connectivity index (χ0) is 13.7. The summed E-state index contributed by atoms with van der Waals surface area (Å²) in [5.74, 6) is -1.10. The molecule has 4 heteroatoms. The first-order valence-electron chi connectivity index (χ1n) is 6.27. The molecule has 0 unspecified atom stereocenters. The van der Waals surface area contributed by atoms with Crippen LogP contribution in [0.15, 0.2) is 53.5 Å². The molecule has 1 heterocycles. The van der Waals surface area contributed by atoms with Crippen molar-refractivity contribution in [2.24, 2.45) is 4.99 Å². The third-order valence-corrected chi connectivity index (χ3v) is 3.54. The average molecular weight is 262 g/mol. The van der Waals surface area contributed by atoms with E-state index in [1.54, 1.807) is 0 Å². The van der Waals surface area contributed by atoms with E-state index in [0.717, 1.165) is 27.2 Å². The lowest BCUT2D eigenvalue weighted by atomic mass is 9.98. The molecule has 0 amide bonds. The van der Waals surface area contributed by atoms with Crippen LogP contribution in [0.2, 0.25) is 0 Å². The molecule has 4 rings (SSSR count). The molecule has 20 heavy (non-hydrogen) atoms. The Hall–Kier alpha value is -2.88. The van der Waals surface area contributed by atoms with Gasteiger partial charge in [-0.1, -0.05) is 36.4 Å². The molecule has 0 atom stereocenters. The predicted octanol–water partition coefficient (Wildman–Crippen LogP) is 3.53. The maximum Gasteiger partial charge on any atom is 0.371 e. The van der Waals surface area contributed by atoms with Gasteiger partial charge in [-0.3, -0.25) is 0 Å². The molecule has 1 aliphatic heterocycles. The van der Waals surface area contributed by atoms with Gasteiger partial charge in [0.05, 0.1) is 11.4 Å². The summed E-state index contributed by atoms with van der Waals surface area (Å²) >= 11 is 0. The van der Waals surface area contributed by atoms with Crippen molar-refractivity contribution in [3.05, 3.63) is 48.5 Å². The molecule has 0 saturated heterocycles. The highest BCUT2D eigenvalue weighted by Gasteiger charge is 2.20. The average Bonchev–Trinajstić information content (AvgIpc) is 2.47. The Balaban J connectivity index is 2.19. The molecule has 0 spiro atoms. The second-order valence-corrected chi connectivity index (χ2v) is 4.74. The number of aliphatic imine (C=N–C) groups is 1. The van der Waals surface area contributed by atoms with Crippen LogP contribution < -0.4 is 5.32 Å². The molecule has 0 aromatic heterocycles. The third kappa shape index (κ3) is 1.42. The van der Waals surface area contributed by atoms with E-state index in [2.05, 4.69) is 16.4 Å². The van der Waals surface area contributed by atoms with Crippen molar-refractivity contribution in [2.75, 3.05) is 5.32 Å². The van der Waals surface area contributed by atoms with Crippen LogP contribution in [0.1, 0.15) is 0 Å². The Morgan fingerprint density at radius 2 is 1.85 bits per heavy atom. The number of carboxylic acid groups (broad SMARTS) is 1. The smallest absolute Gasteiger partial charge is 0.371 e. The Kier molecular flexibility index (Phi) is 2.09. The third-order valence-electron chi connectivity index (χ3n) is 3.54. The minimum absolute atomic E-state index is 0.0404. The fraction of sp³-hybridized carbons (Fsp3) is 0. The van der Waals surface area contributed by atoms with E-state index in [4.69, 9.17) is 0 Å². The van der Waals surface area contributed by atoms with Crippen LogP contribution in [0.3, 0.4) is 0 Å². The van der Waals surface area contributed by atoms with Gasteiger partial charge in [0.2, 0.25) is 5.84 Å². The summed E-state index contributed by atoms with van der Waals surface area (Å²) in [5.41, 5.74) is 1.51. The topological polar surface area (TPSA) is 61.7 Å². The number of benzene rings is 3. The minimum Gasteiger partial charge on any atom is -0.475 e. The fourth-order valence-corrected chi connectivity index (χ4v) is 2.69. The highest BCUT2D eigenvalue weighted by Crippen LogP contribution is 2.40. The lowest BCUT2D eigenvalue weighted by Gasteiger charge is -2.19. The highest BCUT2D eigenvalue weighted by molar-refractivity contribution is 6.43. The van der Waals surface area contributed by atoms with E-state index in [1.807, 2.05) is 42.5 Å². The lowest BCUT2D eigenvalue weighted by molar-refractivity contribution is -0.129. The molecule has 2 N–H and O–H groups in total. The van der Waals surface area contributed by atoms with Gasteiger partial charge in [-0.15, -0.1) is 0 Å². The first-order valence-corrected chi connectivity index (χ1v) is 6.27. The summed E-state index contributed by atoms with van der Waals surface area (Å²) in [7, 11) is 0. The molecule has 0 saturated carbocycles. The van der Waals surface area contributed by atoms with E-state index >= 15 is 0 Å². The first kappa shape index (κ1) is 11.0. The summed E-state index contributed by atoms with van der Waals surface area (Å²) in [6.07, 6.45) is 0. The maximum atomic E-state index is 11.2. The summed E-state index contributed by atoms with van der Waals surface area (Å²) in [5, 5.41) is 16.2. The molecule has 0 radical (unpaired) electrons. The Morgan fingerprint density at radius 3 is 2.70 bits per heavy atom. The number of rotatable bonds is 1. The van der Waals surface area contributed by atoms with Gasteiger partial charge in [-0.05, 0) is 22.9 Å². The Bertz CT molecular complexity index is 913. The van der Waals surface area contributed by atoms with Gasteiger partial charge in [0, 0.05) is 10.8 Å². The van der Waals surface area contributed by atoms with Crippen molar-refractivity contribution in [2.45, 2.75) is 0 Å². The number of nitrogens with one attached hydrogen (secondary N) is 1. The number of anilines is 1. The van der Waals surface area contributed by atoms with Crippen LogP contribution in [0.4, 0.5) is 11.4 Å². The molecule has 4 nitrogen and oxygen atoms in total. The highest BCUT2D eigenvalue weighted by atomic mass is 16.4. The zero-order valence-electron chi connectivity index (χ0n) is 10.4. The fourth-order valence-electron chi connectivity index (χ4n) is 2.69. The van der Waals surface area contributed by atoms with Crippen molar-refractivity contribution >= 4 is 44.7 Å². The zero-order valence-corrected chi connectivity index (χ0v) is 10.4. The number of hydrogen-bond donors (Lipinski definition) is 2. The molecule has 3 aromatic carbocycles. The summed E-state index contributed by atoms with van der Waals surface area (Å²) < 4.78 is 0. The number of amidine groups is 1. The Morgan fingerprint density at radius 1 is 1.05 bits per heavy atom. The monoisotopic (exact) mass is 262 g/mol.